The lowest BCUT2D eigenvalue weighted by atomic mass is 10.2. The first-order valence-corrected chi connectivity index (χ1v) is 6.36. The van der Waals surface area contributed by atoms with Gasteiger partial charge in [0.1, 0.15) is 5.69 Å². The van der Waals surface area contributed by atoms with Crippen LogP contribution in [0.25, 0.3) is 11.4 Å². The molecule has 0 unspecified atom stereocenters. The highest BCUT2D eigenvalue weighted by molar-refractivity contribution is 5.92. The fraction of sp³-hybridized carbons (Fsp3) is 0.500. The number of carboxylic acid groups (broad SMARTS) is 1. The van der Waals surface area contributed by atoms with Gasteiger partial charge in [-0.05, 0) is 6.42 Å². The van der Waals surface area contributed by atoms with Gasteiger partial charge in [-0.3, -0.25) is 0 Å². The van der Waals surface area contributed by atoms with Crippen molar-refractivity contribution in [1.82, 2.24) is 24.5 Å². The largest absolute Gasteiger partial charge is 0.476 e. The lowest BCUT2D eigenvalue weighted by Gasteiger charge is -2.08. The average molecular weight is 279 g/mol. The SMILES string of the molecule is CCCOCCn1nnc(C(=O)O)c1-c1cncn1C. The third kappa shape index (κ3) is 2.85. The van der Waals surface area contributed by atoms with Crippen LogP contribution in [0.4, 0.5) is 0 Å². The van der Waals surface area contributed by atoms with Gasteiger partial charge >= 0.3 is 5.97 Å². The zero-order valence-electron chi connectivity index (χ0n) is 11.5. The summed E-state index contributed by atoms with van der Waals surface area (Å²) >= 11 is 0. The Bertz CT molecular complexity index is 590. The Hall–Kier alpha value is -2.22. The van der Waals surface area contributed by atoms with Crippen LogP contribution in [0.3, 0.4) is 0 Å². The molecule has 0 aromatic carbocycles. The maximum Gasteiger partial charge on any atom is 0.358 e. The first kappa shape index (κ1) is 14.2. The molecule has 0 saturated heterocycles. The number of ether oxygens (including phenoxy) is 1. The van der Waals surface area contributed by atoms with Crippen LogP contribution in [0.5, 0.6) is 0 Å². The zero-order valence-corrected chi connectivity index (χ0v) is 11.5. The summed E-state index contributed by atoms with van der Waals surface area (Å²) in [4.78, 5) is 15.2. The number of hydrogen-bond acceptors (Lipinski definition) is 5. The van der Waals surface area contributed by atoms with E-state index >= 15 is 0 Å². The van der Waals surface area contributed by atoms with Crippen molar-refractivity contribution < 1.29 is 14.6 Å². The highest BCUT2D eigenvalue weighted by Crippen LogP contribution is 2.21. The molecule has 0 radical (unpaired) electrons. The van der Waals surface area contributed by atoms with Crippen LogP contribution >= 0.6 is 0 Å². The summed E-state index contributed by atoms with van der Waals surface area (Å²) in [5.41, 5.74) is 1.02. The molecule has 0 atom stereocenters. The molecule has 2 heterocycles. The predicted molar refractivity (Wildman–Crippen MR) is 70.3 cm³/mol. The highest BCUT2D eigenvalue weighted by Gasteiger charge is 2.22. The van der Waals surface area contributed by atoms with Crippen LogP contribution in [0, 0.1) is 0 Å². The fourth-order valence-electron chi connectivity index (χ4n) is 1.85. The Labute approximate surface area is 116 Å². The number of carbonyl (C=O) groups is 1. The van der Waals surface area contributed by atoms with Crippen LogP contribution in [-0.4, -0.2) is 48.8 Å². The lowest BCUT2D eigenvalue weighted by molar-refractivity contribution is 0.0691. The van der Waals surface area contributed by atoms with Crippen LogP contribution in [0.15, 0.2) is 12.5 Å². The van der Waals surface area contributed by atoms with E-state index in [-0.39, 0.29) is 5.69 Å². The number of imidazole rings is 1. The van der Waals surface area contributed by atoms with Gasteiger partial charge in [-0.1, -0.05) is 12.1 Å². The third-order valence-electron chi connectivity index (χ3n) is 2.79. The van der Waals surface area contributed by atoms with Crippen molar-refractivity contribution in [3.8, 4) is 11.4 Å². The Kier molecular flexibility index (Phi) is 4.46. The molecule has 2 aromatic heterocycles. The first-order valence-electron chi connectivity index (χ1n) is 6.36. The molecule has 8 nitrogen and oxygen atoms in total. The van der Waals surface area contributed by atoms with E-state index in [4.69, 9.17) is 4.74 Å². The average Bonchev–Trinajstić information content (AvgIpc) is 3.00. The van der Waals surface area contributed by atoms with Crippen molar-refractivity contribution in [2.45, 2.75) is 19.9 Å². The molecule has 0 aliphatic heterocycles. The minimum Gasteiger partial charge on any atom is -0.476 e. The molecule has 0 saturated carbocycles. The molecule has 0 aliphatic carbocycles. The molecule has 2 aromatic rings. The molecule has 0 fully saturated rings. The molecule has 1 N–H and O–H groups in total. The number of aromatic nitrogens is 5. The van der Waals surface area contributed by atoms with Gasteiger partial charge < -0.3 is 14.4 Å². The van der Waals surface area contributed by atoms with Crippen LogP contribution in [0.1, 0.15) is 23.8 Å². The number of aryl methyl sites for hydroxylation is 1. The van der Waals surface area contributed by atoms with Crippen molar-refractivity contribution in [2.75, 3.05) is 13.2 Å². The maximum absolute atomic E-state index is 11.2. The molecule has 0 bridgehead atoms. The van der Waals surface area contributed by atoms with Crippen molar-refractivity contribution >= 4 is 5.97 Å². The molecule has 8 heteroatoms. The summed E-state index contributed by atoms with van der Waals surface area (Å²) in [6.45, 7) is 3.60. The second kappa shape index (κ2) is 6.29. The Morgan fingerprint density at radius 1 is 1.45 bits per heavy atom. The minimum atomic E-state index is -1.11. The summed E-state index contributed by atoms with van der Waals surface area (Å²) in [6, 6.07) is 0. The van der Waals surface area contributed by atoms with Crippen molar-refractivity contribution in [3.05, 3.63) is 18.2 Å². The van der Waals surface area contributed by atoms with E-state index in [1.54, 1.807) is 24.1 Å². The molecule has 0 aliphatic rings. The van der Waals surface area contributed by atoms with E-state index < -0.39 is 5.97 Å². The van der Waals surface area contributed by atoms with E-state index in [0.717, 1.165) is 6.42 Å². The first-order chi connectivity index (χ1) is 9.65. The fourth-order valence-corrected chi connectivity index (χ4v) is 1.85. The quantitative estimate of drug-likeness (QED) is 0.753. The second-order valence-electron chi connectivity index (χ2n) is 4.32. The van der Waals surface area contributed by atoms with E-state index in [1.807, 2.05) is 6.92 Å². The Morgan fingerprint density at radius 2 is 2.25 bits per heavy atom. The molecule has 2 rings (SSSR count). The monoisotopic (exact) mass is 279 g/mol. The van der Waals surface area contributed by atoms with Gasteiger partial charge in [-0.2, -0.15) is 0 Å². The van der Waals surface area contributed by atoms with Gasteiger partial charge in [0.05, 0.1) is 31.4 Å². The molecule has 0 spiro atoms. The minimum absolute atomic E-state index is 0.0795. The summed E-state index contributed by atoms with van der Waals surface area (Å²) < 4.78 is 8.67. The smallest absolute Gasteiger partial charge is 0.358 e. The molecule has 20 heavy (non-hydrogen) atoms. The van der Waals surface area contributed by atoms with Crippen LogP contribution in [0.2, 0.25) is 0 Å². The van der Waals surface area contributed by atoms with Crippen molar-refractivity contribution in [1.29, 1.82) is 0 Å². The predicted octanol–water partition coefficient (Wildman–Crippen LogP) is 0.803. The lowest BCUT2D eigenvalue weighted by Crippen LogP contribution is -2.11. The number of carboxylic acids is 1. The number of rotatable bonds is 7. The Balaban J connectivity index is 2.29. The normalized spacial score (nSPS) is 10.9. The highest BCUT2D eigenvalue weighted by atomic mass is 16.5. The van der Waals surface area contributed by atoms with E-state index in [2.05, 4.69) is 15.3 Å². The maximum atomic E-state index is 11.2. The molecular formula is C12H17N5O3. The Morgan fingerprint density at radius 3 is 2.85 bits per heavy atom. The number of nitrogens with zero attached hydrogens (tertiary/aromatic N) is 5. The summed E-state index contributed by atoms with van der Waals surface area (Å²) in [7, 11) is 1.79. The van der Waals surface area contributed by atoms with Crippen molar-refractivity contribution in [2.24, 2.45) is 7.05 Å². The van der Waals surface area contributed by atoms with Gasteiger partial charge in [-0.25, -0.2) is 14.5 Å². The molecule has 108 valence electrons. The van der Waals surface area contributed by atoms with Crippen molar-refractivity contribution in [3.63, 3.8) is 0 Å². The van der Waals surface area contributed by atoms with Gasteiger partial charge in [0.15, 0.2) is 5.69 Å². The summed E-state index contributed by atoms with van der Waals surface area (Å²) in [5, 5.41) is 16.8. The van der Waals surface area contributed by atoms with Crippen LogP contribution in [-0.2, 0) is 18.3 Å². The molecule has 0 amide bonds. The number of aromatic carboxylic acids is 1. The zero-order chi connectivity index (χ0) is 14.5. The van der Waals surface area contributed by atoms with Crippen LogP contribution < -0.4 is 0 Å². The molecular weight excluding hydrogens is 262 g/mol. The van der Waals surface area contributed by atoms with E-state index in [0.29, 0.717) is 31.1 Å². The topological polar surface area (TPSA) is 95.1 Å². The van der Waals surface area contributed by atoms with Gasteiger partial charge in [0.2, 0.25) is 0 Å². The number of hydrogen-bond donors (Lipinski definition) is 1. The summed E-state index contributed by atoms with van der Waals surface area (Å²) in [5.74, 6) is -1.11. The standard InChI is InChI=1S/C12H17N5O3/c1-3-5-20-6-4-17-11(9-7-13-8-16(9)2)10(12(18)19)14-15-17/h7-8H,3-6H2,1-2H3,(H,18,19). The van der Waals surface area contributed by atoms with E-state index in [1.165, 1.54) is 4.68 Å². The van der Waals surface area contributed by atoms with Gasteiger partial charge in [0, 0.05) is 13.7 Å². The van der Waals surface area contributed by atoms with Gasteiger partial charge in [-0.15, -0.1) is 5.10 Å². The second-order valence-corrected chi connectivity index (χ2v) is 4.32. The van der Waals surface area contributed by atoms with Gasteiger partial charge in [0.25, 0.3) is 0 Å². The summed E-state index contributed by atoms with van der Waals surface area (Å²) in [6.07, 6.45) is 4.13. The third-order valence-corrected chi connectivity index (χ3v) is 2.79. The van der Waals surface area contributed by atoms with E-state index in [9.17, 15) is 9.90 Å².